The summed E-state index contributed by atoms with van der Waals surface area (Å²) < 4.78 is 5.70. The molecular formula is C13H27NOS. The number of nitrogens with one attached hydrogen (secondary N) is 1. The lowest BCUT2D eigenvalue weighted by molar-refractivity contribution is -0.0115. The summed E-state index contributed by atoms with van der Waals surface area (Å²) in [5.41, 5.74) is 0.596. The zero-order chi connectivity index (χ0) is 12.1. The van der Waals surface area contributed by atoms with E-state index in [1.54, 1.807) is 0 Å². The highest BCUT2D eigenvalue weighted by atomic mass is 32.2. The molecular weight excluding hydrogens is 218 g/mol. The minimum absolute atomic E-state index is 0.212. The Bertz CT molecular complexity index is 195. The molecule has 1 fully saturated rings. The third-order valence-electron chi connectivity index (χ3n) is 3.23. The van der Waals surface area contributed by atoms with Gasteiger partial charge in [-0.15, -0.1) is 0 Å². The third-order valence-corrected chi connectivity index (χ3v) is 3.85. The van der Waals surface area contributed by atoms with Crippen molar-refractivity contribution in [3.05, 3.63) is 0 Å². The van der Waals surface area contributed by atoms with Crippen LogP contribution in [-0.4, -0.2) is 37.3 Å². The van der Waals surface area contributed by atoms with Crippen LogP contribution < -0.4 is 5.32 Å². The molecule has 0 spiro atoms. The van der Waals surface area contributed by atoms with Crippen molar-refractivity contribution in [2.45, 2.75) is 45.6 Å². The van der Waals surface area contributed by atoms with E-state index in [0.717, 1.165) is 19.8 Å². The molecule has 1 atom stereocenters. The number of hydrogen-bond donors (Lipinski definition) is 1. The molecule has 1 heterocycles. The molecule has 1 rings (SSSR count). The van der Waals surface area contributed by atoms with Gasteiger partial charge >= 0.3 is 0 Å². The van der Waals surface area contributed by atoms with Crippen LogP contribution in [0.1, 0.15) is 40.0 Å². The Balaban J connectivity index is 2.48. The second-order valence-electron chi connectivity index (χ2n) is 6.00. The summed E-state index contributed by atoms with van der Waals surface area (Å²) >= 11 is 1.94. The largest absolute Gasteiger partial charge is 0.381 e. The van der Waals surface area contributed by atoms with Crippen LogP contribution >= 0.6 is 11.8 Å². The van der Waals surface area contributed by atoms with Crippen molar-refractivity contribution in [1.82, 2.24) is 5.32 Å². The maximum atomic E-state index is 5.70. The van der Waals surface area contributed by atoms with Gasteiger partial charge in [-0.25, -0.2) is 0 Å². The second kappa shape index (κ2) is 6.27. The lowest BCUT2D eigenvalue weighted by atomic mass is 9.79. The van der Waals surface area contributed by atoms with Crippen molar-refractivity contribution in [3.8, 4) is 0 Å². The maximum Gasteiger partial charge on any atom is 0.0534 e. The molecule has 1 saturated heterocycles. The summed E-state index contributed by atoms with van der Waals surface area (Å²) in [5.74, 6) is 1.25. The molecule has 0 bridgehead atoms. The van der Waals surface area contributed by atoms with Gasteiger partial charge in [0.2, 0.25) is 0 Å². The summed E-state index contributed by atoms with van der Waals surface area (Å²) in [6, 6.07) is 0. The molecule has 16 heavy (non-hydrogen) atoms. The van der Waals surface area contributed by atoms with E-state index >= 15 is 0 Å². The van der Waals surface area contributed by atoms with Crippen LogP contribution in [0, 0.1) is 5.41 Å². The van der Waals surface area contributed by atoms with Crippen molar-refractivity contribution in [2.24, 2.45) is 5.41 Å². The Morgan fingerprint density at radius 2 is 2.12 bits per heavy atom. The highest BCUT2D eigenvalue weighted by molar-refractivity contribution is 7.98. The van der Waals surface area contributed by atoms with Gasteiger partial charge in [-0.3, -0.25) is 0 Å². The Morgan fingerprint density at radius 1 is 1.38 bits per heavy atom. The molecule has 1 N–H and O–H groups in total. The van der Waals surface area contributed by atoms with Gasteiger partial charge in [0, 0.05) is 24.1 Å². The Hall–Kier alpha value is 0.270. The standard InChI is InChI=1S/C13H27NOS/c1-12(2,3)14-10-13(7-9-16-4)6-5-8-15-11-13/h14H,5-11H2,1-4H3. The van der Waals surface area contributed by atoms with Crippen molar-refractivity contribution in [3.63, 3.8) is 0 Å². The van der Waals surface area contributed by atoms with Gasteiger partial charge in [-0.2, -0.15) is 11.8 Å². The summed E-state index contributed by atoms with van der Waals surface area (Å²) in [5, 5.41) is 3.65. The van der Waals surface area contributed by atoms with Crippen molar-refractivity contribution in [1.29, 1.82) is 0 Å². The second-order valence-corrected chi connectivity index (χ2v) is 6.99. The number of rotatable bonds is 5. The van der Waals surface area contributed by atoms with Gasteiger partial charge in [-0.1, -0.05) is 0 Å². The molecule has 0 amide bonds. The average molecular weight is 245 g/mol. The average Bonchev–Trinajstić information content (AvgIpc) is 2.24. The lowest BCUT2D eigenvalue weighted by Crippen LogP contribution is -2.47. The first-order valence-electron chi connectivity index (χ1n) is 6.29. The molecule has 1 aliphatic heterocycles. The summed E-state index contributed by atoms with van der Waals surface area (Å²) in [6.45, 7) is 9.70. The van der Waals surface area contributed by atoms with Crippen LogP contribution in [0.15, 0.2) is 0 Å². The molecule has 0 aromatic heterocycles. The molecule has 0 aromatic carbocycles. The molecule has 0 radical (unpaired) electrons. The number of hydrogen-bond acceptors (Lipinski definition) is 3. The van der Waals surface area contributed by atoms with Gasteiger partial charge in [0.1, 0.15) is 0 Å². The molecule has 0 aliphatic carbocycles. The van der Waals surface area contributed by atoms with E-state index in [0.29, 0.717) is 5.41 Å². The van der Waals surface area contributed by atoms with Crippen molar-refractivity contribution >= 4 is 11.8 Å². The Kier molecular flexibility index (Phi) is 5.62. The molecule has 1 aliphatic rings. The zero-order valence-corrected chi connectivity index (χ0v) is 12.1. The Labute approximate surface area is 105 Å². The summed E-state index contributed by atoms with van der Waals surface area (Å²) in [4.78, 5) is 0. The first-order valence-corrected chi connectivity index (χ1v) is 7.69. The fraction of sp³-hybridized carbons (Fsp3) is 1.00. The molecule has 0 aromatic rings. The minimum atomic E-state index is 0.212. The smallest absolute Gasteiger partial charge is 0.0534 e. The highest BCUT2D eigenvalue weighted by Gasteiger charge is 2.33. The van der Waals surface area contributed by atoms with E-state index in [9.17, 15) is 0 Å². The third kappa shape index (κ3) is 5.07. The SMILES string of the molecule is CSCCC1(CNC(C)(C)C)CCCOC1. The zero-order valence-electron chi connectivity index (χ0n) is 11.3. The van der Waals surface area contributed by atoms with Crippen molar-refractivity contribution in [2.75, 3.05) is 31.8 Å². The number of ether oxygens (including phenoxy) is 1. The van der Waals surface area contributed by atoms with E-state index < -0.39 is 0 Å². The maximum absolute atomic E-state index is 5.70. The molecule has 1 unspecified atom stereocenters. The van der Waals surface area contributed by atoms with Gasteiger partial charge < -0.3 is 10.1 Å². The van der Waals surface area contributed by atoms with Crippen LogP contribution in [0.3, 0.4) is 0 Å². The van der Waals surface area contributed by atoms with Gasteiger partial charge in [0.05, 0.1) is 6.61 Å². The predicted octanol–water partition coefficient (Wildman–Crippen LogP) is 2.92. The van der Waals surface area contributed by atoms with Crippen LogP contribution in [0.2, 0.25) is 0 Å². The molecule has 2 nitrogen and oxygen atoms in total. The first kappa shape index (κ1) is 14.3. The van der Waals surface area contributed by atoms with Crippen LogP contribution in [-0.2, 0) is 4.74 Å². The van der Waals surface area contributed by atoms with Crippen molar-refractivity contribution < 1.29 is 4.74 Å². The monoisotopic (exact) mass is 245 g/mol. The topological polar surface area (TPSA) is 21.3 Å². The van der Waals surface area contributed by atoms with Crippen LogP contribution in [0.4, 0.5) is 0 Å². The van der Waals surface area contributed by atoms with Gasteiger partial charge in [0.25, 0.3) is 0 Å². The molecule has 3 heteroatoms. The summed E-state index contributed by atoms with van der Waals surface area (Å²) in [6.07, 6.45) is 6.00. The highest BCUT2D eigenvalue weighted by Crippen LogP contribution is 2.33. The minimum Gasteiger partial charge on any atom is -0.381 e. The van der Waals surface area contributed by atoms with Crippen LogP contribution in [0.25, 0.3) is 0 Å². The van der Waals surface area contributed by atoms with E-state index in [1.807, 2.05) is 11.8 Å². The first-order chi connectivity index (χ1) is 7.47. The van der Waals surface area contributed by atoms with Gasteiger partial charge in [0.15, 0.2) is 0 Å². The van der Waals surface area contributed by atoms with E-state index in [2.05, 4.69) is 32.3 Å². The van der Waals surface area contributed by atoms with Crippen LogP contribution in [0.5, 0.6) is 0 Å². The van der Waals surface area contributed by atoms with E-state index in [1.165, 1.54) is 25.0 Å². The Morgan fingerprint density at radius 3 is 2.62 bits per heavy atom. The van der Waals surface area contributed by atoms with E-state index in [4.69, 9.17) is 4.74 Å². The fourth-order valence-corrected chi connectivity index (χ4v) is 2.74. The summed E-state index contributed by atoms with van der Waals surface area (Å²) in [7, 11) is 0. The lowest BCUT2D eigenvalue weighted by Gasteiger charge is -2.39. The predicted molar refractivity (Wildman–Crippen MR) is 73.2 cm³/mol. The fourth-order valence-electron chi connectivity index (χ4n) is 2.11. The number of thioether (sulfide) groups is 1. The molecule has 0 saturated carbocycles. The van der Waals surface area contributed by atoms with E-state index in [-0.39, 0.29) is 5.54 Å². The quantitative estimate of drug-likeness (QED) is 0.805. The normalized spacial score (nSPS) is 27.0. The van der Waals surface area contributed by atoms with Gasteiger partial charge in [-0.05, 0) is 52.0 Å². The molecule has 96 valence electrons.